The highest BCUT2D eigenvalue weighted by Gasteiger charge is 2.23. The Kier molecular flexibility index (Phi) is 8.21. The number of carbonyl (C=O) groups is 2. The van der Waals surface area contributed by atoms with Crippen molar-refractivity contribution < 1.29 is 19.1 Å². The van der Waals surface area contributed by atoms with Gasteiger partial charge in [0.05, 0.1) is 5.56 Å². The number of hydrogen-bond donors (Lipinski definition) is 1. The van der Waals surface area contributed by atoms with Crippen LogP contribution in [-0.2, 0) is 13.1 Å². The number of aromatic nitrogens is 1. The highest BCUT2D eigenvalue weighted by atomic mass is 19.1. The van der Waals surface area contributed by atoms with Gasteiger partial charge in [0.25, 0.3) is 5.91 Å². The second-order valence-corrected chi connectivity index (χ2v) is 8.91. The third kappa shape index (κ3) is 6.31. The first-order valence-corrected chi connectivity index (χ1v) is 12.1. The van der Waals surface area contributed by atoms with E-state index in [1.54, 1.807) is 59.8 Å². The van der Waals surface area contributed by atoms with Crippen molar-refractivity contribution in [1.82, 2.24) is 9.88 Å². The van der Waals surface area contributed by atoms with Gasteiger partial charge in [0, 0.05) is 48.8 Å². The summed E-state index contributed by atoms with van der Waals surface area (Å²) in [4.78, 5) is 33.2. The lowest BCUT2D eigenvalue weighted by Crippen LogP contribution is -2.34. The SMILES string of the molecule is O=C(O)c1ccc2c(c1)CN(Cc1ccccc1F)CCCCCCCN2C(=O)c1ccncc1. The number of hydrogen-bond acceptors (Lipinski definition) is 4. The zero-order chi connectivity index (χ0) is 24.6. The lowest BCUT2D eigenvalue weighted by atomic mass is 10.0. The Balaban J connectivity index is 1.74. The van der Waals surface area contributed by atoms with Crippen LogP contribution in [-0.4, -0.2) is 40.0 Å². The van der Waals surface area contributed by atoms with E-state index in [-0.39, 0.29) is 17.3 Å². The molecule has 0 spiro atoms. The largest absolute Gasteiger partial charge is 0.478 e. The first-order valence-electron chi connectivity index (χ1n) is 12.1. The molecule has 35 heavy (non-hydrogen) atoms. The molecular formula is C28H30FN3O3. The fourth-order valence-electron chi connectivity index (χ4n) is 4.55. The molecule has 182 valence electrons. The molecule has 0 saturated carbocycles. The summed E-state index contributed by atoms with van der Waals surface area (Å²) in [6, 6.07) is 15.0. The fourth-order valence-corrected chi connectivity index (χ4v) is 4.55. The zero-order valence-corrected chi connectivity index (χ0v) is 19.7. The number of anilines is 1. The smallest absolute Gasteiger partial charge is 0.335 e. The van der Waals surface area contributed by atoms with E-state index in [9.17, 15) is 19.1 Å². The Morgan fingerprint density at radius 3 is 2.34 bits per heavy atom. The van der Waals surface area contributed by atoms with Crippen LogP contribution < -0.4 is 4.90 Å². The Hall–Kier alpha value is -3.58. The van der Waals surface area contributed by atoms with Crippen LogP contribution >= 0.6 is 0 Å². The molecule has 0 bridgehead atoms. The first kappa shape index (κ1) is 24.5. The van der Waals surface area contributed by atoms with Gasteiger partial charge in [0.15, 0.2) is 0 Å². The van der Waals surface area contributed by atoms with Crippen LogP contribution in [0.15, 0.2) is 67.0 Å². The van der Waals surface area contributed by atoms with Gasteiger partial charge in [-0.25, -0.2) is 9.18 Å². The number of fused-ring (bicyclic) bond motifs is 1. The minimum Gasteiger partial charge on any atom is -0.478 e. The maximum atomic E-state index is 14.4. The molecule has 0 fully saturated rings. The summed E-state index contributed by atoms with van der Waals surface area (Å²) in [7, 11) is 0. The molecule has 0 saturated heterocycles. The minimum absolute atomic E-state index is 0.144. The molecule has 0 atom stereocenters. The molecule has 0 aliphatic carbocycles. The van der Waals surface area contributed by atoms with E-state index >= 15 is 0 Å². The van der Waals surface area contributed by atoms with Crippen LogP contribution in [0.1, 0.15) is 63.9 Å². The van der Waals surface area contributed by atoms with Crippen LogP contribution in [0, 0.1) is 5.82 Å². The summed E-state index contributed by atoms with van der Waals surface area (Å²) in [6.45, 7) is 2.10. The Morgan fingerprint density at radius 2 is 1.60 bits per heavy atom. The molecular weight excluding hydrogens is 445 g/mol. The number of halogens is 1. The molecule has 2 aromatic carbocycles. The Morgan fingerprint density at radius 1 is 0.886 bits per heavy atom. The van der Waals surface area contributed by atoms with Crippen LogP contribution in [0.2, 0.25) is 0 Å². The first-order chi connectivity index (χ1) is 17.0. The second-order valence-electron chi connectivity index (χ2n) is 8.91. The summed E-state index contributed by atoms with van der Waals surface area (Å²) < 4.78 is 14.4. The molecule has 3 aromatic rings. The average Bonchev–Trinajstić information content (AvgIpc) is 2.86. The van der Waals surface area contributed by atoms with Crippen LogP contribution in [0.25, 0.3) is 0 Å². The van der Waals surface area contributed by atoms with Crippen molar-refractivity contribution in [2.75, 3.05) is 18.0 Å². The van der Waals surface area contributed by atoms with E-state index in [2.05, 4.69) is 9.88 Å². The number of nitrogens with zero attached hydrogens (tertiary/aromatic N) is 3. The summed E-state index contributed by atoms with van der Waals surface area (Å²) in [5, 5.41) is 9.63. The van der Waals surface area contributed by atoms with Crippen molar-refractivity contribution in [2.45, 2.75) is 45.2 Å². The fraction of sp³-hybridized carbons (Fsp3) is 0.321. The average molecular weight is 476 g/mol. The molecule has 7 heteroatoms. The number of rotatable bonds is 4. The van der Waals surface area contributed by atoms with Crippen molar-refractivity contribution >= 4 is 17.6 Å². The van der Waals surface area contributed by atoms with Crippen molar-refractivity contribution in [3.05, 3.63) is 95.1 Å². The van der Waals surface area contributed by atoms with Gasteiger partial charge >= 0.3 is 5.97 Å². The van der Waals surface area contributed by atoms with E-state index in [1.807, 2.05) is 6.07 Å². The highest BCUT2D eigenvalue weighted by Crippen LogP contribution is 2.28. The van der Waals surface area contributed by atoms with Gasteiger partial charge < -0.3 is 10.0 Å². The minimum atomic E-state index is -1.02. The molecule has 0 unspecified atom stereocenters. The topological polar surface area (TPSA) is 73.7 Å². The standard InChI is InChI=1S/C28H30FN3O3/c29-25-9-5-4-8-23(25)19-31-16-6-2-1-3-7-17-32(27(33)21-12-14-30-15-13-21)26-11-10-22(28(34)35)18-24(26)20-31/h4-5,8-15,18H,1-3,6-7,16-17,19-20H2,(H,34,35). The van der Waals surface area contributed by atoms with Gasteiger partial charge in [0.2, 0.25) is 0 Å². The molecule has 1 N–H and O–H groups in total. The number of aromatic carboxylic acids is 1. The predicted molar refractivity (Wildman–Crippen MR) is 133 cm³/mol. The zero-order valence-electron chi connectivity index (χ0n) is 19.7. The molecule has 0 radical (unpaired) electrons. The lowest BCUT2D eigenvalue weighted by Gasteiger charge is -2.30. The lowest BCUT2D eigenvalue weighted by molar-refractivity contribution is 0.0696. The Bertz CT molecular complexity index is 1170. The summed E-state index contributed by atoms with van der Waals surface area (Å²) >= 11 is 0. The van der Waals surface area contributed by atoms with Gasteiger partial charge in [-0.05, 0) is 61.3 Å². The van der Waals surface area contributed by atoms with E-state index in [1.165, 1.54) is 6.07 Å². The number of carboxylic acid groups (broad SMARTS) is 1. The summed E-state index contributed by atoms with van der Waals surface area (Å²) in [5.41, 5.74) is 2.72. The van der Waals surface area contributed by atoms with Gasteiger partial charge in [0.1, 0.15) is 5.82 Å². The second kappa shape index (κ2) is 11.7. The van der Waals surface area contributed by atoms with Gasteiger partial charge in [-0.3, -0.25) is 14.7 Å². The summed E-state index contributed by atoms with van der Waals surface area (Å²) in [6.07, 6.45) is 8.13. The Labute approximate surface area is 205 Å². The number of amides is 1. The van der Waals surface area contributed by atoms with E-state index in [4.69, 9.17) is 0 Å². The highest BCUT2D eigenvalue weighted by molar-refractivity contribution is 6.06. The molecule has 1 aromatic heterocycles. The maximum Gasteiger partial charge on any atom is 0.335 e. The number of carboxylic acids is 1. The molecule has 1 amide bonds. The van der Waals surface area contributed by atoms with Crippen LogP contribution in [0.3, 0.4) is 0 Å². The third-order valence-corrected chi connectivity index (χ3v) is 6.39. The van der Waals surface area contributed by atoms with Crippen molar-refractivity contribution in [1.29, 1.82) is 0 Å². The summed E-state index contributed by atoms with van der Waals surface area (Å²) in [5.74, 6) is -1.42. The van der Waals surface area contributed by atoms with Gasteiger partial charge in [-0.2, -0.15) is 0 Å². The number of pyridine rings is 1. The molecule has 1 aliphatic rings. The van der Waals surface area contributed by atoms with E-state index < -0.39 is 5.97 Å². The van der Waals surface area contributed by atoms with Crippen molar-refractivity contribution in [3.63, 3.8) is 0 Å². The van der Waals surface area contributed by atoms with Gasteiger partial charge in [-0.1, -0.05) is 37.5 Å². The number of carbonyl (C=O) groups excluding carboxylic acids is 1. The molecule has 2 heterocycles. The number of benzene rings is 2. The van der Waals surface area contributed by atoms with Crippen LogP contribution in [0.5, 0.6) is 0 Å². The predicted octanol–water partition coefficient (Wildman–Crippen LogP) is 5.53. The monoisotopic (exact) mass is 475 g/mol. The maximum absolute atomic E-state index is 14.4. The third-order valence-electron chi connectivity index (χ3n) is 6.39. The molecule has 4 rings (SSSR count). The van der Waals surface area contributed by atoms with Crippen LogP contribution in [0.4, 0.5) is 10.1 Å². The van der Waals surface area contributed by atoms with E-state index in [0.29, 0.717) is 36.4 Å². The van der Waals surface area contributed by atoms with Crippen molar-refractivity contribution in [2.24, 2.45) is 0 Å². The quantitative estimate of drug-likeness (QED) is 0.537. The van der Waals surface area contributed by atoms with E-state index in [0.717, 1.165) is 44.2 Å². The molecule has 6 nitrogen and oxygen atoms in total. The van der Waals surface area contributed by atoms with Gasteiger partial charge in [-0.15, -0.1) is 0 Å². The normalized spacial score (nSPS) is 15.5. The van der Waals surface area contributed by atoms with Crippen molar-refractivity contribution in [3.8, 4) is 0 Å². The molecule has 1 aliphatic heterocycles.